The Morgan fingerprint density at radius 3 is 2.80 bits per heavy atom. The highest BCUT2D eigenvalue weighted by Crippen LogP contribution is 2.28. The second-order valence-corrected chi connectivity index (χ2v) is 5.66. The van der Waals surface area contributed by atoms with Gasteiger partial charge in [-0.3, -0.25) is 4.98 Å². The lowest BCUT2D eigenvalue weighted by molar-refractivity contribution is 0.111. The number of hydrogen-bond donors (Lipinski definition) is 3. The Morgan fingerprint density at radius 2 is 2.00 bits per heavy atom. The average molecular weight is 271 g/mol. The van der Waals surface area contributed by atoms with Gasteiger partial charge in [0.1, 0.15) is 0 Å². The molecule has 106 valence electrons. The average Bonchev–Trinajstić information content (AvgIpc) is 2.49. The standard InChI is InChI=1S/C16H21N3O/c17-14-7-8-15(16-13(14)2-1-9-18-16)19-10-11-3-5-12(20)6-4-11/h1-2,7-9,11-12,19-20H,3-6,10,17H2. The van der Waals surface area contributed by atoms with E-state index >= 15 is 0 Å². The van der Waals surface area contributed by atoms with Crippen molar-refractivity contribution in [1.29, 1.82) is 0 Å². The Morgan fingerprint density at radius 1 is 1.20 bits per heavy atom. The van der Waals surface area contributed by atoms with Crippen molar-refractivity contribution in [2.45, 2.75) is 31.8 Å². The Labute approximate surface area is 119 Å². The first-order valence-corrected chi connectivity index (χ1v) is 7.29. The molecule has 1 aliphatic carbocycles. The highest BCUT2D eigenvalue weighted by atomic mass is 16.3. The summed E-state index contributed by atoms with van der Waals surface area (Å²) in [4.78, 5) is 4.44. The van der Waals surface area contributed by atoms with E-state index in [1.807, 2.05) is 24.3 Å². The minimum Gasteiger partial charge on any atom is -0.398 e. The van der Waals surface area contributed by atoms with E-state index in [1.54, 1.807) is 6.20 Å². The number of nitrogens with two attached hydrogens (primary N) is 1. The highest BCUT2D eigenvalue weighted by molar-refractivity contribution is 5.98. The third-order valence-electron chi connectivity index (χ3n) is 4.20. The van der Waals surface area contributed by atoms with Crippen molar-refractivity contribution in [1.82, 2.24) is 4.98 Å². The fourth-order valence-corrected chi connectivity index (χ4v) is 2.94. The van der Waals surface area contributed by atoms with Crippen LogP contribution < -0.4 is 11.1 Å². The number of pyridine rings is 1. The van der Waals surface area contributed by atoms with Crippen LogP contribution in [0.4, 0.5) is 11.4 Å². The lowest BCUT2D eigenvalue weighted by atomic mass is 9.87. The summed E-state index contributed by atoms with van der Waals surface area (Å²) < 4.78 is 0. The van der Waals surface area contributed by atoms with Gasteiger partial charge in [-0.05, 0) is 55.9 Å². The predicted molar refractivity (Wildman–Crippen MR) is 82.6 cm³/mol. The zero-order valence-corrected chi connectivity index (χ0v) is 11.5. The Balaban J connectivity index is 1.73. The van der Waals surface area contributed by atoms with Crippen LogP contribution in [0.3, 0.4) is 0 Å². The van der Waals surface area contributed by atoms with Crippen LogP contribution in [0.5, 0.6) is 0 Å². The van der Waals surface area contributed by atoms with E-state index in [-0.39, 0.29) is 6.10 Å². The summed E-state index contributed by atoms with van der Waals surface area (Å²) in [6.45, 7) is 0.933. The van der Waals surface area contributed by atoms with Crippen molar-refractivity contribution in [3.8, 4) is 0 Å². The van der Waals surface area contributed by atoms with E-state index in [4.69, 9.17) is 5.73 Å². The van der Waals surface area contributed by atoms with Crippen LogP contribution in [0.25, 0.3) is 10.9 Å². The number of nitrogen functional groups attached to an aromatic ring is 1. The molecule has 1 aromatic carbocycles. The lowest BCUT2D eigenvalue weighted by Crippen LogP contribution is -2.23. The Hall–Kier alpha value is -1.81. The Kier molecular flexibility index (Phi) is 3.74. The largest absolute Gasteiger partial charge is 0.398 e. The zero-order valence-electron chi connectivity index (χ0n) is 11.5. The quantitative estimate of drug-likeness (QED) is 0.751. The van der Waals surface area contributed by atoms with Crippen molar-refractivity contribution >= 4 is 22.3 Å². The molecular weight excluding hydrogens is 250 g/mol. The topological polar surface area (TPSA) is 71.2 Å². The van der Waals surface area contributed by atoms with Gasteiger partial charge in [-0.25, -0.2) is 0 Å². The van der Waals surface area contributed by atoms with Crippen molar-refractivity contribution in [2.75, 3.05) is 17.6 Å². The van der Waals surface area contributed by atoms with Crippen LogP contribution in [-0.2, 0) is 0 Å². The van der Waals surface area contributed by atoms with Crippen molar-refractivity contribution in [3.63, 3.8) is 0 Å². The van der Waals surface area contributed by atoms with Gasteiger partial charge < -0.3 is 16.2 Å². The van der Waals surface area contributed by atoms with Gasteiger partial charge in [0.25, 0.3) is 0 Å². The van der Waals surface area contributed by atoms with Crippen LogP contribution in [0.1, 0.15) is 25.7 Å². The molecule has 0 aliphatic heterocycles. The number of aliphatic hydroxyl groups is 1. The fourth-order valence-electron chi connectivity index (χ4n) is 2.94. The molecule has 0 bridgehead atoms. The first-order valence-electron chi connectivity index (χ1n) is 7.29. The molecule has 3 rings (SSSR count). The van der Waals surface area contributed by atoms with Crippen LogP contribution in [0, 0.1) is 5.92 Å². The summed E-state index contributed by atoms with van der Waals surface area (Å²) in [6.07, 6.45) is 5.73. The molecule has 0 amide bonds. The highest BCUT2D eigenvalue weighted by Gasteiger charge is 2.19. The molecule has 1 heterocycles. The van der Waals surface area contributed by atoms with Gasteiger partial charge in [0.05, 0.1) is 17.3 Å². The minimum absolute atomic E-state index is 0.0923. The lowest BCUT2D eigenvalue weighted by Gasteiger charge is -2.26. The number of aromatic nitrogens is 1. The number of nitrogens with one attached hydrogen (secondary N) is 1. The molecule has 1 fully saturated rings. The van der Waals surface area contributed by atoms with Crippen molar-refractivity contribution < 1.29 is 5.11 Å². The summed E-state index contributed by atoms with van der Waals surface area (Å²) in [5.41, 5.74) is 8.72. The molecule has 0 saturated heterocycles. The smallest absolute Gasteiger partial charge is 0.0953 e. The van der Waals surface area contributed by atoms with Crippen LogP contribution in [0.2, 0.25) is 0 Å². The van der Waals surface area contributed by atoms with E-state index in [0.29, 0.717) is 5.92 Å². The second-order valence-electron chi connectivity index (χ2n) is 5.66. The number of benzene rings is 1. The first-order chi connectivity index (χ1) is 9.74. The predicted octanol–water partition coefficient (Wildman–Crippen LogP) is 2.78. The molecule has 4 heteroatoms. The van der Waals surface area contributed by atoms with E-state index in [0.717, 1.165) is 54.5 Å². The molecule has 4 nitrogen and oxygen atoms in total. The molecular formula is C16H21N3O. The van der Waals surface area contributed by atoms with Crippen LogP contribution in [-0.4, -0.2) is 22.7 Å². The summed E-state index contributed by atoms with van der Waals surface area (Å²) in [5, 5.41) is 14.0. The number of fused-ring (bicyclic) bond motifs is 1. The molecule has 4 N–H and O–H groups in total. The summed E-state index contributed by atoms with van der Waals surface area (Å²) in [6, 6.07) is 7.84. The summed E-state index contributed by atoms with van der Waals surface area (Å²) in [5.74, 6) is 0.634. The molecule has 0 radical (unpaired) electrons. The third-order valence-corrected chi connectivity index (χ3v) is 4.20. The Bertz CT molecular complexity index is 591. The van der Waals surface area contributed by atoms with Crippen molar-refractivity contribution in [3.05, 3.63) is 30.5 Å². The number of hydrogen-bond acceptors (Lipinski definition) is 4. The molecule has 0 unspecified atom stereocenters. The van der Waals surface area contributed by atoms with Gasteiger partial charge in [-0.1, -0.05) is 0 Å². The molecule has 2 aromatic rings. The summed E-state index contributed by atoms with van der Waals surface area (Å²) in [7, 11) is 0. The first kappa shape index (κ1) is 13.2. The van der Waals surface area contributed by atoms with E-state index in [9.17, 15) is 5.11 Å². The van der Waals surface area contributed by atoms with Crippen LogP contribution >= 0.6 is 0 Å². The monoisotopic (exact) mass is 271 g/mol. The van der Waals surface area contributed by atoms with Gasteiger partial charge in [0, 0.05) is 23.8 Å². The van der Waals surface area contributed by atoms with Crippen molar-refractivity contribution in [2.24, 2.45) is 5.92 Å². The van der Waals surface area contributed by atoms with Crippen LogP contribution in [0.15, 0.2) is 30.5 Å². The summed E-state index contributed by atoms with van der Waals surface area (Å²) >= 11 is 0. The molecule has 1 aromatic heterocycles. The van der Waals surface area contributed by atoms with Gasteiger partial charge in [-0.2, -0.15) is 0 Å². The minimum atomic E-state index is -0.0923. The van der Waals surface area contributed by atoms with Gasteiger partial charge in [0.2, 0.25) is 0 Å². The molecule has 1 saturated carbocycles. The van der Waals surface area contributed by atoms with E-state index in [2.05, 4.69) is 10.3 Å². The number of nitrogens with zero attached hydrogens (tertiary/aromatic N) is 1. The van der Waals surface area contributed by atoms with Gasteiger partial charge >= 0.3 is 0 Å². The molecule has 0 atom stereocenters. The van der Waals surface area contributed by atoms with E-state index < -0.39 is 0 Å². The number of aliphatic hydroxyl groups excluding tert-OH is 1. The van der Waals surface area contributed by atoms with E-state index in [1.165, 1.54) is 0 Å². The maximum atomic E-state index is 9.54. The van der Waals surface area contributed by atoms with Gasteiger partial charge in [-0.15, -0.1) is 0 Å². The molecule has 20 heavy (non-hydrogen) atoms. The fraction of sp³-hybridized carbons (Fsp3) is 0.438. The second kappa shape index (κ2) is 5.67. The molecule has 0 spiro atoms. The normalized spacial score (nSPS) is 22.9. The van der Waals surface area contributed by atoms with Gasteiger partial charge in [0.15, 0.2) is 0 Å². The number of anilines is 2. The molecule has 1 aliphatic rings. The third kappa shape index (κ3) is 2.70. The maximum Gasteiger partial charge on any atom is 0.0953 e. The number of rotatable bonds is 3. The maximum absolute atomic E-state index is 9.54. The SMILES string of the molecule is Nc1ccc(NCC2CCC(O)CC2)c2ncccc12. The zero-order chi connectivity index (χ0) is 13.9.